The van der Waals surface area contributed by atoms with Gasteiger partial charge in [0.05, 0.1) is 0 Å². The van der Waals surface area contributed by atoms with Gasteiger partial charge in [-0.1, -0.05) is 52.0 Å². The van der Waals surface area contributed by atoms with E-state index in [0.717, 1.165) is 25.4 Å². The van der Waals surface area contributed by atoms with Gasteiger partial charge in [-0.25, -0.2) is 0 Å². The lowest BCUT2D eigenvalue weighted by molar-refractivity contribution is 0.274. The molecule has 1 atom stereocenters. The summed E-state index contributed by atoms with van der Waals surface area (Å²) in [5.74, 6) is 0.776. The third-order valence-electron chi connectivity index (χ3n) is 4.01. The van der Waals surface area contributed by atoms with Crippen LogP contribution < -0.4 is 5.32 Å². The van der Waals surface area contributed by atoms with Crippen LogP contribution in [0.3, 0.4) is 0 Å². The minimum atomic E-state index is 0.438. The van der Waals surface area contributed by atoms with Gasteiger partial charge in [0.2, 0.25) is 0 Å². The van der Waals surface area contributed by atoms with Gasteiger partial charge in [0.25, 0.3) is 0 Å². The molecule has 0 spiro atoms. The van der Waals surface area contributed by atoms with Crippen LogP contribution >= 0.6 is 0 Å². The first-order chi connectivity index (χ1) is 10.1. The molecular weight excluding hydrogens is 256 g/mol. The van der Waals surface area contributed by atoms with E-state index in [2.05, 4.69) is 69.2 Å². The van der Waals surface area contributed by atoms with Gasteiger partial charge in [0, 0.05) is 12.6 Å². The molecule has 0 aromatic heterocycles. The third kappa shape index (κ3) is 7.10. The second-order valence-corrected chi connectivity index (χ2v) is 6.55. The summed E-state index contributed by atoms with van der Waals surface area (Å²) in [5, 5.41) is 3.70. The maximum atomic E-state index is 3.70. The molecule has 0 bridgehead atoms. The van der Waals surface area contributed by atoms with E-state index in [0.29, 0.717) is 6.04 Å². The maximum Gasteiger partial charge on any atom is 0.0449 e. The number of nitrogens with zero attached hydrogens (tertiary/aromatic N) is 1. The number of likely N-dealkylation sites (N-methyl/N-ethyl adjacent to an activating group) is 1. The molecule has 1 rings (SSSR count). The van der Waals surface area contributed by atoms with E-state index in [1.165, 1.54) is 30.5 Å². The Morgan fingerprint density at radius 2 is 1.76 bits per heavy atom. The van der Waals surface area contributed by atoms with E-state index in [4.69, 9.17) is 0 Å². The van der Waals surface area contributed by atoms with Crippen molar-refractivity contribution in [2.45, 2.75) is 53.0 Å². The Bertz CT molecular complexity index is 370. The Morgan fingerprint density at radius 3 is 2.29 bits per heavy atom. The van der Waals surface area contributed by atoms with Crippen molar-refractivity contribution < 1.29 is 0 Å². The van der Waals surface area contributed by atoms with Crippen LogP contribution in [0.1, 0.15) is 57.7 Å². The lowest BCUT2D eigenvalue weighted by Gasteiger charge is -2.26. The summed E-state index contributed by atoms with van der Waals surface area (Å²) in [6, 6.07) is 9.56. The largest absolute Gasteiger partial charge is 0.309 e. The van der Waals surface area contributed by atoms with Crippen LogP contribution in [0.25, 0.3) is 0 Å². The topological polar surface area (TPSA) is 15.3 Å². The van der Waals surface area contributed by atoms with Gasteiger partial charge in [-0.2, -0.15) is 0 Å². The van der Waals surface area contributed by atoms with E-state index in [9.17, 15) is 0 Å². The zero-order valence-electron chi connectivity index (χ0n) is 14.7. The van der Waals surface area contributed by atoms with Crippen LogP contribution in [0.5, 0.6) is 0 Å². The normalized spacial score (nSPS) is 13.1. The van der Waals surface area contributed by atoms with Gasteiger partial charge in [0.15, 0.2) is 0 Å². The van der Waals surface area contributed by atoms with Crippen molar-refractivity contribution in [2.75, 3.05) is 26.7 Å². The standard InChI is InChI=1S/C19H34N2/c1-6-13-20-19(15-21(5)14-12-16(3)4)18-10-8-17(7-2)9-11-18/h8-11,16,19-20H,6-7,12-15H2,1-5H3. The van der Waals surface area contributed by atoms with Crippen molar-refractivity contribution >= 4 is 0 Å². The quantitative estimate of drug-likeness (QED) is 0.692. The Hall–Kier alpha value is -0.860. The average Bonchev–Trinajstić information content (AvgIpc) is 2.49. The summed E-state index contributed by atoms with van der Waals surface area (Å²) in [5.41, 5.74) is 2.83. The Balaban J connectivity index is 2.65. The highest BCUT2D eigenvalue weighted by molar-refractivity contribution is 5.25. The second-order valence-electron chi connectivity index (χ2n) is 6.55. The molecule has 120 valence electrons. The summed E-state index contributed by atoms with van der Waals surface area (Å²) in [4.78, 5) is 2.46. The van der Waals surface area contributed by atoms with Gasteiger partial charge in [0.1, 0.15) is 0 Å². The molecule has 0 aliphatic heterocycles. The van der Waals surface area contributed by atoms with Crippen LogP contribution in [0.2, 0.25) is 0 Å². The molecule has 1 unspecified atom stereocenters. The summed E-state index contributed by atoms with van der Waals surface area (Å²) in [6.07, 6.45) is 3.56. The van der Waals surface area contributed by atoms with Crippen molar-refractivity contribution in [3.63, 3.8) is 0 Å². The molecule has 1 aromatic rings. The third-order valence-corrected chi connectivity index (χ3v) is 4.01. The van der Waals surface area contributed by atoms with Crippen LogP contribution in [0.15, 0.2) is 24.3 Å². The van der Waals surface area contributed by atoms with Crippen molar-refractivity contribution in [1.29, 1.82) is 0 Å². The number of hydrogen-bond acceptors (Lipinski definition) is 2. The van der Waals surface area contributed by atoms with Gasteiger partial charge >= 0.3 is 0 Å². The van der Waals surface area contributed by atoms with Gasteiger partial charge < -0.3 is 10.2 Å². The lowest BCUT2D eigenvalue weighted by Crippen LogP contribution is -2.34. The number of nitrogens with one attached hydrogen (secondary N) is 1. The highest BCUT2D eigenvalue weighted by atomic mass is 15.1. The first kappa shape index (κ1) is 18.2. The Kier molecular flexibility index (Phi) is 8.63. The van der Waals surface area contributed by atoms with Crippen LogP contribution in [-0.2, 0) is 6.42 Å². The molecule has 1 N–H and O–H groups in total. The highest BCUT2D eigenvalue weighted by Gasteiger charge is 2.13. The van der Waals surface area contributed by atoms with E-state index in [1.807, 2.05) is 0 Å². The fourth-order valence-electron chi connectivity index (χ4n) is 2.47. The molecular formula is C19H34N2. The molecule has 0 fully saturated rings. The zero-order chi connectivity index (χ0) is 15.7. The molecule has 1 aromatic carbocycles. The van der Waals surface area contributed by atoms with Gasteiger partial charge in [-0.3, -0.25) is 0 Å². The second kappa shape index (κ2) is 9.97. The van der Waals surface area contributed by atoms with Crippen molar-refractivity contribution in [3.05, 3.63) is 35.4 Å². The molecule has 0 aliphatic carbocycles. The summed E-state index contributed by atoms with van der Waals surface area (Å²) >= 11 is 0. The first-order valence-electron chi connectivity index (χ1n) is 8.57. The summed E-state index contributed by atoms with van der Waals surface area (Å²) < 4.78 is 0. The van der Waals surface area contributed by atoms with E-state index < -0.39 is 0 Å². The predicted molar refractivity (Wildman–Crippen MR) is 93.8 cm³/mol. The van der Waals surface area contributed by atoms with E-state index in [1.54, 1.807) is 0 Å². The van der Waals surface area contributed by atoms with Crippen molar-refractivity contribution in [1.82, 2.24) is 10.2 Å². The Morgan fingerprint density at radius 1 is 1.10 bits per heavy atom. The van der Waals surface area contributed by atoms with Gasteiger partial charge in [-0.15, -0.1) is 0 Å². The molecule has 2 heteroatoms. The smallest absolute Gasteiger partial charge is 0.0449 e. The fraction of sp³-hybridized carbons (Fsp3) is 0.684. The van der Waals surface area contributed by atoms with Crippen LogP contribution in [0.4, 0.5) is 0 Å². The monoisotopic (exact) mass is 290 g/mol. The number of benzene rings is 1. The first-order valence-corrected chi connectivity index (χ1v) is 8.57. The van der Waals surface area contributed by atoms with Crippen molar-refractivity contribution in [3.8, 4) is 0 Å². The molecule has 0 saturated carbocycles. The minimum Gasteiger partial charge on any atom is -0.309 e. The average molecular weight is 290 g/mol. The minimum absolute atomic E-state index is 0.438. The summed E-state index contributed by atoms with van der Waals surface area (Å²) in [7, 11) is 2.24. The molecule has 0 heterocycles. The number of rotatable bonds is 10. The Labute approximate surface area is 131 Å². The molecule has 2 nitrogen and oxygen atoms in total. The molecule has 0 radical (unpaired) electrons. The maximum absolute atomic E-state index is 3.70. The van der Waals surface area contributed by atoms with Crippen LogP contribution in [0, 0.1) is 5.92 Å². The van der Waals surface area contributed by atoms with Crippen LogP contribution in [-0.4, -0.2) is 31.6 Å². The van der Waals surface area contributed by atoms with Crippen molar-refractivity contribution in [2.24, 2.45) is 5.92 Å². The molecule has 0 saturated heterocycles. The number of aryl methyl sites for hydroxylation is 1. The van der Waals surface area contributed by atoms with E-state index >= 15 is 0 Å². The molecule has 21 heavy (non-hydrogen) atoms. The molecule has 0 aliphatic rings. The van der Waals surface area contributed by atoms with Gasteiger partial charge in [-0.05, 0) is 56.4 Å². The summed E-state index contributed by atoms with van der Waals surface area (Å²) in [6.45, 7) is 12.4. The SMILES string of the molecule is CCCNC(CN(C)CCC(C)C)c1ccc(CC)cc1. The number of hydrogen-bond donors (Lipinski definition) is 1. The fourth-order valence-corrected chi connectivity index (χ4v) is 2.47. The van der Waals surface area contributed by atoms with E-state index in [-0.39, 0.29) is 0 Å². The predicted octanol–water partition coefficient (Wildman–Crippen LogP) is 4.27. The highest BCUT2D eigenvalue weighted by Crippen LogP contribution is 2.16. The molecule has 0 amide bonds. The zero-order valence-corrected chi connectivity index (χ0v) is 14.7. The lowest BCUT2D eigenvalue weighted by atomic mass is 10.0.